The number of rotatable bonds is 3. The van der Waals surface area contributed by atoms with Crippen LogP contribution in [-0.4, -0.2) is 36.0 Å². The molecule has 0 saturated carbocycles. The summed E-state index contributed by atoms with van der Waals surface area (Å²) in [4.78, 5) is 26.3. The van der Waals surface area contributed by atoms with Gasteiger partial charge >= 0.3 is 5.97 Å². The van der Waals surface area contributed by atoms with E-state index >= 15 is 0 Å². The number of benzene rings is 1. The number of hydrogen-bond acceptors (Lipinski definition) is 3. The number of hydrogen-bond donors (Lipinski definition) is 0. The van der Waals surface area contributed by atoms with Gasteiger partial charge in [-0.15, -0.1) is 0 Å². The van der Waals surface area contributed by atoms with Crippen molar-refractivity contribution in [2.24, 2.45) is 0 Å². The largest absolute Gasteiger partial charge is 0.464 e. The van der Waals surface area contributed by atoms with E-state index in [9.17, 15) is 9.59 Å². The third-order valence-electron chi connectivity index (χ3n) is 4.25. The molecule has 4 heteroatoms. The van der Waals surface area contributed by atoms with Crippen molar-refractivity contribution in [1.29, 1.82) is 0 Å². The predicted molar refractivity (Wildman–Crippen MR) is 74.3 cm³/mol. The van der Waals surface area contributed by atoms with Crippen molar-refractivity contribution in [3.05, 3.63) is 35.4 Å². The highest BCUT2D eigenvalue weighted by Gasteiger charge is 2.41. The molecule has 1 fully saturated rings. The van der Waals surface area contributed by atoms with Gasteiger partial charge in [-0.2, -0.15) is 0 Å². The summed E-state index contributed by atoms with van der Waals surface area (Å²) in [7, 11) is 0. The molecule has 3 rings (SSSR count). The van der Waals surface area contributed by atoms with E-state index in [2.05, 4.69) is 6.07 Å². The number of likely N-dealkylation sites (tertiary alicyclic amines) is 1. The second kappa shape index (κ2) is 5.27. The summed E-state index contributed by atoms with van der Waals surface area (Å²) in [6.07, 6.45) is 2.39. The maximum atomic E-state index is 12.6. The minimum absolute atomic E-state index is 0.0683. The fourth-order valence-electron chi connectivity index (χ4n) is 3.19. The Morgan fingerprint density at radius 3 is 2.90 bits per heavy atom. The van der Waals surface area contributed by atoms with Gasteiger partial charge in [0.15, 0.2) is 0 Å². The van der Waals surface area contributed by atoms with Crippen LogP contribution in [0.15, 0.2) is 24.3 Å². The summed E-state index contributed by atoms with van der Waals surface area (Å²) in [6.45, 7) is 2.83. The van der Waals surface area contributed by atoms with Crippen molar-refractivity contribution in [1.82, 2.24) is 4.90 Å². The Hall–Kier alpha value is -1.84. The molecule has 0 N–H and O–H groups in total. The summed E-state index contributed by atoms with van der Waals surface area (Å²) in [6, 6.07) is 7.65. The number of nitrogens with zero attached hydrogens (tertiary/aromatic N) is 1. The van der Waals surface area contributed by atoms with E-state index in [0.717, 1.165) is 24.8 Å². The molecule has 0 spiro atoms. The van der Waals surface area contributed by atoms with E-state index in [1.165, 1.54) is 5.56 Å². The minimum atomic E-state index is -0.379. The molecule has 2 aliphatic rings. The van der Waals surface area contributed by atoms with Crippen LogP contribution < -0.4 is 0 Å². The fourth-order valence-corrected chi connectivity index (χ4v) is 3.19. The number of ether oxygens (including phenoxy) is 1. The molecule has 0 aromatic heterocycles. The molecule has 20 heavy (non-hydrogen) atoms. The highest BCUT2D eigenvalue weighted by atomic mass is 16.5. The first-order valence-electron chi connectivity index (χ1n) is 7.27. The zero-order chi connectivity index (χ0) is 14.1. The van der Waals surface area contributed by atoms with Gasteiger partial charge in [-0.3, -0.25) is 4.79 Å². The third kappa shape index (κ3) is 2.09. The fraction of sp³-hybridized carbons (Fsp3) is 0.500. The Bertz CT molecular complexity index is 540. The van der Waals surface area contributed by atoms with Gasteiger partial charge in [0.2, 0.25) is 5.91 Å². The normalized spacial score (nSPS) is 23.9. The molecule has 4 nitrogen and oxygen atoms in total. The van der Waals surface area contributed by atoms with Gasteiger partial charge in [-0.05, 0) is 37.3 Å². The summed E-state index contributed by atoms with van der Waals surface area (Å²) in [5, 5.41) is 0. The lowest BCUT2D eigenvalue weighted by Crippen LogP contribution is -2.45. The van der Waals surface area contributed by atoms with Gasteiger partial charge in [-0.25, -0.2) is 4.79 Å². The van der Waals surface area contributed by atoms with Crippen LogP contribution in [0.1, 0.15) is 36.8 Å². The number of fused-ring (bicyclic) bond motifs is 1. The average molecular weight is 273 g/mol. The maximum Gasteiger partial charge on any atom is 0.328 e. The molecule has 1 heterocycles. The molecular weight excluding hydrogens is 254 g/mol. The maximum absolute atomic E-state index is 12.6. The first-order chi connectivity index (χ1) is 9.72. The first-order valence-corrected chi connectivity index (χ1v) is 7.27. The number of carbonyl (C=O) groups excluding carboxylic acids is 2. The number of esters is 1. The molecule has 1 amide bonds. The topological polar surface area (TPSA) is 46.6 Å². The first kappa shape index (κ1) is 13.2. The van der Waals surface area contributed by atoms with Gasteiger partial charge < -0.3 is 9.64 Å². The molecular formula is C16H19NO3. The molecule has 1 aromatic rings. The van der Waals surface area contributed by atoms with Crippen LogP contribution in [0, 0.1) is 0 Å². The lowest BCUT2D eigenvalue weighted by molar-refractivity contribution is -0.153. The van der Waals surface area contributed by atoms with Gasteiger partial charge in [-0.1, -0.05) is 24.3 Å². The van der Waals surface area contributed by atoms with Crippen molar-refractivity contribution in [3.8, 4) is 0 Å². The molecule has 0 radical (unpaired) electrons. The SMILES string of the molecule is CCOC(=O)C1CCCN1C(=O)C1Cc2ccccc21. The second-order valence-corrected chi connectivity index (χ2v) is 5.40. The van der Waals surface area contributed by atoms with Gasteiger partial charge in [0.1, 0.15) is 6.04 Å². The Labute approximate surface area is 118 Å². The molecule has 2 unspecified atom stereocenters. The highest BCUT2D eigenvalue weighted by molar-refractivity contribution is 5.91. The van der Waals surface area contributed by atoms with Crippen molar-refractivity contribution in [2.45, 2.75) is 38.1 Å². The lowest BCUT2D eigenvalue weighted by atomic mass is 9.77. The molecule has 2 atom stereocenters. The molecule has 0 bridgehead atoms. The average Bonchev–Trinajstić information content (AvgIpc) is 2.89. The highest BCUT2D eigenvalue weighted by Crippen LogP contribution is 2.37. The molecule has 1 aliphatic carbocycles. The summed E-state index contributed by atoms with van der Waals surface area (Å²) >= 11 is 0. The molecule has 1 aromatic carbocycles. The summed E-state index contributed by atoms with van der Waals surface area (Å²) < 4.78 is 5.07. The van der Waals surface area contributed by atoms with E-state index in [4.69, 9.17) is 4.74 Å². The van der Waals surface area contributed by atoms with Crippen molar-refractivity contribution < 1.29 is 14.3 Å². The minimum Gasteiger partial charge on any atom is -0.464 e. The van der Waals surface area contributed by atoms with Crippen LogP contribution in [0.2, 0.25) is 0 Å². The number of amides is 1. The number of carbonyl (C=O) groups is 2. The van der Waals surface area contributed by atoms with E-state index in [1.807, 2.05) is 18.2 Å². The van der Waals surface area contributed by atoms with Crippen LogP contribution in [0.25, 0.3) is 0 Å². The zero-order valence-corrected chi connectivity index (χ0v) is 11.7. The van der Waals surface area contributed by atoms with E-state index in [-0.39, 0.29) is 23.8 Å². The van der Waals surface area contributed by atoms with Gasteiger partial charge in [0, 0.05) is 6.54 Å². The molecule has 1 aliphatic heterocycles. The van der Waals surface area contributed by atoms with E-state index < -0.39 is 0 Å². The monoisotopic (exact) mass is 273 g/mol. The second-order valence-electron chi connectivity index (χ2n) is 5.40. The van der Waals surface area contributed by atoms with E-state index in [1.54, 1.807) is 11.8 Å². The smallest absolute Gasteiger partial charge is 0.328 e. The van der Waals surface area contributed by atoms with Crippen molar-refractivity contribution >= 4 is 11.9 Å². The van der Waals surface area contributed by atoms with Crippen molar-refractivity contribution in [3.63, 3.8) is 0 Å². The standard InChI is InChI=1S/C16H19NO3/c1-2-20-16(19)14-8-5-9-17(14)15(18)13-10-11-6-3-4-7-12(11)13/h3-4,6-7,13-14H,2,5,8-10H2,1H3. The van der Waals surface area contributed by atoms with Crippen LogP contribution in [-0.2, 0) is 20.7 Å². The van der Waals surface area contributed by atoms with Gasteiger partial charge in [0.05, 0.1) is 12.5 Å². The Balaban J connectivity index is 1.73. The Morgan fingerprint density at radius 2 is 2.15 bits per heavy atom. The quantitative estimate of drug-likeness (QED) is 0.790. The lowest BCUT2D eigenvalue weighted by Gasteiger charge is -2.34. The van der Waals surface area contributed by atoms with Crippen LogP contribution in [0.5, 0.6) is 0 Å². The van der Waals surface area contributed by atoms with Crippen LogP contribution in [0.3, 0.4) is 0 Å². The summed E-state index contributed by atoms with van der Waals surface area (Å²) in [5.74, 6) is -0.244. The molecule has 1 saturated heterocycles. The summed E-state index contributed by atoms with van der Waals surface area (Å²) in [5.41, 5.74) is 2.37. The van der Waals surface area contributed by atoms with Gasteiger partial charge in [0.25, 0.3) is 0 Å². The molecule has 106 valence electrons. The third-order valence-corrected chi connectivity index (χ3v) is 4.25. The zero-order valence-electron chi connectivity index (χ0n) is 11.7. The Morgan fingerprint density at radius 1 is 1.35 bits per heavy atom. The van der Waals surface area contributed by atoms with Crippen molar-refractivity contribution in [2.75, 3.05) is 13.2 Å². The van der Waals surface area contributed by atoms with Crippen LogP contribution in [0.4, 0.5) is 0 Å². The van der Waals surface area contributed by atoms with Crippen LogP contribution >= 0.6 is 0 Å². The predicted octanol–water partition coefficient (Wildman–Crippen LogP) is 1.88. The Kier molecular flexibility index (Phi) is 3.47. The van der Waals surface area contributed by atoms with E-state index in [0.29, 0.717) is 13.2 Å².